The van der Waals surface area contributed by atoms with E-state index >= 15 is 0 Å². The molecule has 29 heavy (non-hydrogen) atoms. The highest BCUT2D eigenvalue weighted by Gasteiger charge is 2.57. The Balaban J connectivity index is 1.21. The van der Waals surface area contributed by atoms with Gasteiger partial charge in [0.1, 0.15) is 5.75 Å². The maximum Gasteiger partial charge on any atom is 0.258 e. The zero-order valence-corrected chi connectivity index (χ0v) is 17.0. The molecule has 3 aliphatic carbocycles. The summed E-state index contributed by atoms with van der Waals surface area (Å²) in [5.74, 6) is 1.30. The quantitative estimate of drug-likeness (QED) is 0.819. The highest BCUT2D eigenvalue weighted by molar-refractivity contribution is 5.98. The minimum atomic E-state index is -0.640. The molecule has 4 atom stereocenters. The molecular weight excluding hydrogens is 366 g/mol. The molecule has 2 amide bonds. The predicted octanol–water partition coefficient (Wildman–Crippen LogP) is 2.54. The summed E-state index contributed by atoms with van der Waals surface area (Å²) in [6.07, 6.45) is 7.44. The summed E-state index contributed by atoms with van der Waals surface area (Å²) in [5, 5.41) is 6.36. The molecule has 2 N–H and O–H groups in total. The van der Waals surface area contributed by atoms with Crippen molar-refractivity contribution in [2.45, 2.75) is 50.7 Å². The van der Waals surface area contributed by atoms with E-state index in [0.717, 1.165) is 51.9 Å². The minimum absolute atomic E-state index is 0.0402. The lowest BCUT2D eigenvalue weighted by atomic mass is 9.60. The number of piperidine rings is 1. The van der Waals surface area contributed by atoms with Crippen LogP contribution in [-0.2, 0) is 4.79 Å². The fourth-order valence-corrected chi connectivity index (χ4v) is 5.93. The lowest BCUT2D eigenvalue weighted by molar-refractivity contribution is -0.146. The molecule has 1 spiro atoms. The Bertz CT molecular complexity index is 791. The molecule has 2 aliphatic heterocycles. The number of amides is 2. The standard InChI is InChI=1S/C23H31N3O3/c27-21(24-10-13-26-11-4-1-5-12-26)19-14-17-9-8-16(19)15-23(17)25-22(28)18-6-2-3-7-20(18)29-23/h2-3,6-7,16-17,19H,1,4-5,8-15H2,(H,24,27)(H,25,28)/t16-,17+,19-,23-/m0/s1. The third-order valence-corrected chi connectivity index (χ3v) is 7.48. The predicted molar refractivity (Wildman–Crippen MR) is 110 cm³/mol. The van der Waals surface area contributed by atoms with Gasteiger partial charge in [0, 0.05) is 31.3 Å². The van der Waals surface area contributed by atoms with Crippen molar-refractivity contribution >= 4 is 11.8 Å². The second-order valence-corrected chi connectivity index (χ2v) is 9.22. The summed E-state index contributed by atoms with van der Waals surface area (Å²) in [6.45, 7) is 4.00. The van der Waals surface area contributed by atoms with E-state index in [0.29, 0.717) is 11.3 Å². The molecule has 6 heteroatoms. The highest BCUT2D eigenvalue weighted by Crippen LogP contribution is 2.52. The summed E-state index contributed by atoms with van der Waals surface area (Å²) in [7, 11) is 0. The molecule has 5 aliphatic rings. The van der Waals surface area contributed by atoms with Crippen molar-refractivity contribution in [1.29, 1.82) is 0 Å². The van der Waals surface area contributed by atoms with E-state index < -0.39 is 5.72 Å². The molecule has 156 valence electrons. The van der Waals surface area contributed by atoms with E-state index in [1.165, 1.54) is 19.3 Å². The number of carbonyl (C=O) groups is 2. The number of nitrogens with one attached hydrogen (secondary N) is 2. The highest BCUT2D eigenvalue weighted by atomic mass is 16.5. The lowest BCUT2D eigenvalue weighted by Crippen LogP contribution is -2.67. The average Bonchev–Trinajstić information content (AvgIpc) is 2.75. The third kappa shape index (κ3) is 3.52. The van der Waals surface area contributed by atoms with Crippen molar-refractivity contribution in [3.05, 3.63) is 29.8 Å². The Labute approximate surface area is 172 Å². The summed E-state index contributed by atoms with van der Waals surface area (Å²) in [4.78, 5) is 28.0. The molecule has 1 saturated heterocycles. The first kappa shape index (κ1) is 18.9. The molecule has 0 radical (unpaired) electrons. The van der Waals surface area contributed by atoms with Crippen LogP contribution in [0, 0.1) is 17.8 Å². The van der Waals surface area contributed by atoms with Crippen molar-refractivity contribution in [2.75, 3.05) is 26.2 Å². The first-order valence-corrected chi connectivity index (χ1v) is 11.3. The van der Waals surface area contributed by atoms with Crippen molar-refractivity contribution in [3.63, 3.8) is 0 Å². The smallest absolute Gasteiger partial charge is 0.258 e. The number of benzene rings is 1. The maximum atomic E-state index is 12.9. The summed E-state index contributed by atoms with van der Waals surface area (Å²) < 4.78 is 6.38. The zero-order chi connectivity index (χ0) is 19.8. The fourth-order valence-electron chi connectivity index (χ4n) is 5.93. The zero-order valence-electron chi connectivity index (χ0n) is 17.0. The normalized spacial score (nSPS) is 33.7. The Hall–Kier alpha value is -2.08. The van der Waals surface area contributed by atoms with Gasteiger partial charge in [0.15, 0.2) is 5.72 Å². The second kappa shape index (κ2) is 7.63. The van der Waals surface area contributed by atoms with Crippen molar-refractivity contribution in [2.24, 2.45) is 17.8 Å². The van der Waals surface area contributed by atoms with Gasteiger partial charge in [-0.3, -0.25) is 9.59 Å². The number of carbonyl (C=O) groups excluding carboxylic acids is 2. The van der Waals surface area contributed by atoms with E-state index in [1.54, 1.807) is 6.07 Å². The molecule has 2 heterocycles. The van der Waals surface area contributed by atoms with Gasteiger partial charge >= 0.3 is 0 Å². The Morgan fingerprint density at radius 3 is 2.83 bits per heavy atom. The van der Waals surface area contributed by atoms with Crippen molar-refractivity contribution in [3.8, 4) is 5.75 Å². The van der Waals surface area contributed by atoms with E-state index in [2.05, 4.69) is 15.5 Å². The monoisotopic (exact) mass is 397 g/mol. The molecule has 1 aromatic carbocycles. The van der Waals surface area contributed by atoms with Gasteiger partial charge in [-0.25, -0.2) is 0 Å². The van der Waals surface area contributed by atoms with Crippen LogP contribution in [0.15, 0.2) is 24.3 Å². The lowest BCUT2D eigenvalue weighted by Gasteiger charge is -2.55. The number of nitrogens with zero attached hydrogens (tertiary/aromatic N) is 1. The Kier molecular flexibility index (Phi) is 4.98. The van der Waals surface area contributed by atoms with Crippen LogP contribution in [0.1, 0.15) is 55.3 Å². The molecule has 6 nitrogen and oxygen atoms in total. The maximum absolute atomic E-state index is 12.9. The van der Waals surface area contributed by atoms with Gasteiger partial charge in [0.25, 0.3) is 5.91 Å². The van der Waals surface area contributed by atoms with E-state index in [4.69, 9.17) is 4.74 Å². The Morgan fingerprint density at radius 2 is 2.03 bits per heavy atom. The molecule has 1 aromatic rings. The number of hydrogen-bond donors (Lipinski definition) is 2. The van der Waals surface area contributed by atoms with Crippen LogP contribution in [0.25, 0.3) is 0 Å². The van der Waals surface area contributed by atoms with Gasteiger partial charge in [-0.2, -0.15) is 0 Å². The van der Waals surface area contributed by atoms with Crippen molar-refractivity contribution < 1.29 is 14.3 Å². The molecule has 0 aromatic heterocycles. The fraction of sp³-hybridized carbons (Fsp3) is 0.652. The van der Waals surface area contributed by atoms with Crippen LogP contribution in [0.3, 0.4) is 0 Å². The molecule has 4 fully saturated rings. The average molecular weight is 398 g/mol. The van der Waals surface area contributed by atoms with Gasteiger partial charge in [-0.05, 0) is 63.2 Å². The van der Waals surface area contributed by atoms with E-state index in [-0.39, 0.29) is 29.6 Å². The molecule has 3 saturated carbocycles. The topological polar surface area (TPSA) is 70.7 Å². The molecule has 0 unspecified atom stereocenters. The number of likely N-dealkylation sites (tertiary alicyclic amines) is 1. The summed E-state index contributed by atoms with van der Waals surface area (Å²) in [5.41, 5.74) is -0.0366. The first-order chi connectivity index (χ1) is 14.1. The van der Waals surface area contributed by atoms with Gasteiger partial charge in [0.2, 0.25) is 5.91 Å². The van der Waals surface area contributed by atoms with Crippen LogP contribution in [0.4, 0.5) is 0 Å². The van der Waals surface area contributed by atoms with Crippen molar-refractivity contribution in [1.82, 2.24) is 15.5 Å². The van der Waals surface area contributed by atoms with Crippen LogP contribution < -0.4 is 15.4 Å². The van der Waals surface area contributed by atoms with E-state index in [1.807, 2.05) is 18.2 Å². The summed E-state index contributed by atoms with van der Waals surface area (Å²) in [6, 6.07) is 7.45. The number of fused-ring (bicyclic) bond motifs is 3. The molecular formula is C23H31N3O3. The van der Waals surface area contributed by atoms with Crippen LogP contribution in [0.5, 0.6) is 5.75 Å². The van der Waals surface area contributed by atoms with Gasteiger partial charge in [-0.15, -0.1) is 0 Å². The SMILES string of the molecule is O=C1N[C@@]2(C[C@@H]3CC[C@@H]2C[C@@H]3C(=O)NCCN2CCCCC2)Oc2ccccc21. The number of rotatable bonds is 4. The van der Waals surface area contributed by atoms with Crippen LogP contribution in [-0.4, -0.2) is 48.6 Å². The number of ether oxygens (including phenoxy) is 1. The van der Waals surface area contributed by atoms with Crippen LogP contribution in [0.2, 0.25) is 0 Å². The van der Waals surface area contributed by atoms with Crippen LogP contribution >= 0.6 is 0 Å². The summed E-state index contributed by atoms with van der Waals surface area (Å²) >= 11 is 0. The number of para-hydroxylation sites is 1. The first-order valence-electron chi connectivity index (χ1n) is 11.3. The molecule has 6 rings (SSSR count). The van der Waals surface area contributed by atoms with Gasteiger partial charge in [-0.1, -0.05) is 18.6 Å². The van der Waals surface area contributed by atoms with Gasteiger partial charge in [0.05, 0.1) is 5.56 Å². The van der Waals surface area contributed by atoms with Gasteiger partial charge < -0.3 is 20.3 Å². The largest absolute Gasteiger partial charge is 0.467 e. The number of hydrogen-bond acceptors (Lipinski definition) is 4. The second-order valence-electron chi connectivity index (χ2n) is 9.22. The molecule has 2 bridgehead atoms. The third-order valence-electron chi connectivity index (χ3n) is 7.48. The minimum Gasteiger partial charge on any atom is -0.467 e. The Morgan fingerprint density at radius 1 is 1.21 bits per heavy atom. The van der Waals surface area contributed by atoms with E-state index in [9.17, 15) is 9.59 Å².